The fraction of sp³-hybridized carbons (Fsp3) is 0.400. The largest absolute Gasteiger partial charge is 0.490 e. The Hall–Kier alpha value is -3.83. The first-order chi connectivity index (χ1) is 17.4. The van der Waals surface area contributed by atoms with Gasteiger partial charge in [0, 0.05) is 23.1 Å². The number of aromatic nitrogens is 2. The van der Waals surface area contributed by atoms with Crippen LogP contribution in [0.3, 0.4) is 0 Å². The zero-order valence-corrected chi connectivity index (χ0v) is 21.7. The number of amides is 2. The van der Waals surface area contributed by atoms with E-state index in [4.69, 9.17) is 25.6 Å². The molecule has 2 atom stereocenters. The van der Waals surface area contributed by atoms with Crippen LogP contribution < -0.4 is 21.5 Å². The highest BCUT2D eigenvalue weighted by Crippen LogP contribution is 2.23. The van der Waals surface area contributed by atoms with E-state index in [1.54, 1.807) is 24.3 Å². The van der Waals surface area contributed by atoms with Crippen molar-refractivity contribution in [1.82, 2.24) is 19.0 Å². The molecule has 0 aliphatic carbocycles. The van der Waals surface area contributed by atoms with Crippen molar-refractivity contribution in [3.8, 4) is 5.75 Å². The Morgan fingerprint density at radius 1 is 1.30 bits per heavy atom. The molecule has 0 bridgehead atoms. The molecule has 0 radical (unpaired) electrons. The molecule has 0 saturated carbocycles. The number of benzene rings is 1. The van der Waals surface area contributed by atoms with Crippen LogP contribution >= 0.6 is 11.5 Å². The number of ether oxygens (including phenoxy) is 1. The number of carbonyl (C=O) groups excluding carboxylic acids is 2. The average molecular weight is 555 g/mol. The van der Waals surface area contributed by atoms with Crippen LogP contribution in [0, 0.1) is 0 Å². The van der Waals surface area contributed by atoms with Crippen molar-refractivity contribution in [3.63, 3.8) is 0 Å². The van der Waals surface area contributed by atoms with Gasteiger partial charge in [0.05, 0.1) is 6.04 Å². The monoisotopic (exact) mass is 554 g/mol. The van der Waals surface area contributed by atoms with Gasteiger partial charge in [0.25, 0.3) is 11.8 Å². The maximum absolute atomic E-state index is 12.8. The van der Waals surface area contributed by atoms with Gasteiger partial charge in [0.2, 0.25) is 11.5 Å². The normalized spacial score (nSPS) is 18.5. The molecular formula is C20H26N8O7S2. The molecule has 2 amide bonds. The number of amidine groups is 1. The number of aliphatic imine (C=N–C) groups is 1. The number of rotatable bonds is 11. The number of β-lactam (4-membered cyclic amide) rings is 1. The van der Waals surface area contributed by atoms with E-state index in [-0.39, 0.29) is 40.2 Å². The summed E-state index contributed by atoms with van der Waals surface area (Å²) in [6.07, 6.45) is 0. The molecule has 2 heterocycles. The molecule has 1 aromatic heterocycles. The molecule has 6 N–H and O–H groups in total. The van der Waals surface area contributed by atoms with Crippen molar-refractivity contribution < 1.29 is 32.1 Å². The van der Waals surface area contributed by atoms with Crippen molar-refractivity contribution in [2.75, 3.05) is 18.9 Å². The summed E-state index contributed by atoms with van der Waals surface area (Å²) >= 11 is 0.811. The lowest BCUT2D eigenvalue weighted by molar-refractivity contribution is -0.143. The molecule has 15 nitrogen and oxygen atoms in total. The van der Waals surface area contributed by atoms with Crippen molar-refractivity contribution in [2.45, 2.75) is 38.9 Å². The lowest BCUT2D eigenvalue weighted by Gasteiger charge is -2.42. The third-order valence-electron chi connectivity index (χ3n) is 4.89. The molecule has 2 aromatic rings. The van der Waals surface area contributed by atoms with Gasteiger partial charge in [-0.1, -0.05) is 5.16 Å². The van der Waals surface area contributed by atoms with Crippen LogP contribution in [-0.2, 0) is 24.7 Å². The van der Waals surface area contributed by atoms with Gasteiger partial charge >= 0.3 is 10.3 Å². The summed E-state index contributed by atoms with van der Waals surface area (Å²) in [5.41, 5.74) is 11.9. The second kappa shape index (κ2) is 11.5. The Balaban J connectivity index is 1.59. The SMILES string of the molecule is CC(C)N=C(N)c1ccc(OCCO/N=C(\C(=O)N[C@@H]2C(=O)N(S(=O)(=O)O)[C@H]2C)c2nsc(N)n2)cc1. The summed E-state index contributed by atoms with van der Waals surface area (Å²) in [5, 5.41) is 6.16. The third kappa shape index (κ3) is 6.89. The molecule has 1 aliphatic rings. The Bertz CT molecular complexity index is 1310. The molecule has 1 saturated heterocycles. The number of anilines is 1. The van der Waals surface area contributed by atoms with Crippen LogP contribution in [-0.4, -0.2) is 81.3 Å². The fourth-order valence-electron chi connectivity index (χ4n) is 3.21. The predicted octanol–water partition coefficient (Wildman–Crippen LogP) is -0.448. The molecule has 37 heavy (non-hydrogen) atoms. The minimum atomic E-state index is -4.75. The lowest BCUT2D eigenvalue weighted by Crippen LogP contribution is -2.71. The van der Waals surface area contributed by atoms with E-state index in [9.17, 15) is 18.0 Å². The first kappa shape index (κ1) is 27.8. The molecular weight excluding hydrogens is 528 g/mol. The Morgan fingerprint density at radius 2 is 1.97 bits per heavy atom. The molecule has 1 aromatic carbocycles. The summed E-state index contributed by atoms with van der Waals surface area (Å²) in [7, 11) is -4.75. The summed E-state index contributed by atoms with van der Waals surface area (Å²) in [5.74, 6) is -1.10. The standard InChI is InChI=1S/C20H26N8O7S2/c1-10(2)23-16(21)12-4-6-13(7-5-12)34-8-9-35-26-15(17-25-20(22)36-27-17)18(29)24-14-11(3)28(19(14)30)37(31,32)33/h4-7,10-11,14H,8-9H2,1-3H3,(H2,21,23)(H,24,29)(H2,22,25,27)(H,31,32,33)/b26-15-/t11-,14-/m0/s1. The van der Waals surface area contributed by atoms with Gasteiger partial charge in [-0.05, 0) is 45.0 Å². The van der Waals surface area contributed by atoms with Crippen molar-refractivity contribution in [1.29, 1.82) is 0 Å². The number of nitrogens with two attached hydrogens (primary N) is 2. The highest BCUT2D eigenvalue weighted by Gasteiger charge is 2.51. The van der Waals surface area contributed by atoms with Crippen molar-refractivity contribution in [3.05, 3.63) is 35.7 Å². The number of oxime groups is 1. The zero-order chi connectivity index (χ0) is 27.3. The second-order valence-electron chi connectivity index (χ2n) is 8.01. The van der Waals surface area contributed by atoms with Gasteiger partial charge in [-0.3, -0.25) is 19.1 Å². The van der Waals surface area contributed by atoms with E-state index in [2.05, 4.69) is 24.8 Å². The second-order valence-corrected chi connectivity index (χ2v) is 10.1. The molecule has 200 valence electrons. The van der Waals surface area contributed by atoms with Gasteiger partial charge in [-0.25, -0.2) is 4.31 Å². The summed E-state index contributed by atoms with van der Waals surface area (Å²) in [6.45, 7) is 5.19. The molecule has 3 rings (SSSR count). The number of hydrogen-bond acceptors (Lipinski definition) is 12. The summed E-state index contributed by atoms with van der Waals surface area (Å²) in [6, 6.07) is 4.80. The average Bonchev–Trinajstić information content (AvgIpc) is 3.24. The van der Waals surface area contributed by atoms with Crippen molar-refractivity contribution >= 4 is 50.3 Å². The molecule has 1 fully saturated rings. The molecule has 17 heteroatoms. The number of carbonyl (C=O) groups is 2. The van der Waals surface area contributed by atoms with Crippen LogP contribution in [0.5, 0.6) is 5.75 Å². The van der Waals surface area contributed by atoms with E-state index >= 15 is 0 Å². The van der Waals surface area contributed by atoms with E-state index in [1.165, 1.54) is 6.92 Å². The van der Waals surface area contributed by atoms with Gasteiger partial charge in [-0.2, -0.15) is 17.8 Å². The Morgan fingerprint density at radius 3 is 2.51 bits per heavy atom. The minimum Gasteiger partial charge on any atom is -0.490 e. The molecule has 0 unspecified atom stereocenters. The van der Waals surface area contributed by atoms with Crippen LogP contribution in [0.1, 0.15) is 32.2 Å². The van der Waals surface area contributed by atoms with Gasteiger partial charge in [0.1, 0.15) is 24.2 Å². The van der Waals surface area contributed by atoms with E-state index in [1.807, 2.05) is 13.8 Å². The van der Waals surface area contributed by atoms with Crippen LogP contribution in [0.4, 0.5) is 5.13 Å². The van der Waals surface area contributed by atoms with Crippen LogP contribution in [0.2, 0.25) is 0 Å². The fourth-order valence-corrected chi connectivity index (χ4v) is 4.53. The predicted molar refractivity (Wildman–Crippen MR) is 134 cm³/mol. The third-order valence-corrected chi connectivity index (χ3v) is 6.44. The zero-order valence-electron chi connectivity index (χ0n) is 20.1. The minimum absolute atomic E-state index is 0.0620. The van der Waals surface area contributed by atoms with E-state index in [0.29, 0.717) is 11.6 Å². The number of nitrogens with zero attached hydrogens (tertiary/aromatic N) is 5. The van der Waals surface area contributed by atoms with Gasteiger partial charge in [0.15, 0.2) is 11.7 Å². The first-order valence-electron chi connectivity index (χ1n) is 10.9. The molecule has 0 spiro atoms. The van der Waals surface area contributed by atoms with E-state index < -0.39 is 34.2 Å². The Labute approximate surface area is 216 Å². The quantitative estimate of drug-likeness (QED) is 0.0695. The summed E-state index contributed by atoms with van der Waals surface area (Å²) < 4.78 is 41.4. The smallest absolute Gasteiger partial charge is 0.362 e. The number of hydrogen-bond donors (Lipinski definition) is 4. The first-order valence-corrected chi connectivity index (χ1v) is 13.0. The maximum atomic E-state index is 12.8. The van der Waals surface area contributed by atoms with Crippen molar-refractivity contribution in [2.24, 2.45) is 15.9 Å². The lowest BCUT2D eigenvalue weighted by atomic mass is 10.0. The highest BCUT2D eigenvalue weighted by atomic mass is 32.2. The number of nitrogen functional groups attached to an aromatic ring is 1. The van der Waals surface area contributed by atoms with Crippen LogP contribution in [0.15, 0.2) is 34.4 Å². The Kier molecular flexibility index (Phi) is 8.61. The molecule has 1 aliphatic heterocycles. The van der Waals surface area contributed by atoms with Crippen LogP contribution in [0.25, 0.3) is 0 Å². The highest BCUT2D eigenvalue weighted by molar-refractivity contribution is 7.84. The maximum Gasteiger partial charge on any atom is 0.362 e. The van der Waals surface area contributed by atoms with Gasteiger partial charge < -0.3 is 26.4 Å². The number of nitrogens with one attached hydrogen (secondary N) is 1. The van der Waals surface area contributed by atoms with Gasteiger partial charge in [-0.15, -0.1) is 0 Å². The summed E-state index contributed by atoms with van der Waals surface area (Å²) in [4.78, 5) is 38.2. The topological polar surface area (TPSA) is 225 Å². The van der Waals surface area contributed by atoms with E-state index in [0.717, 1.165) is 17.1 Å².